The third-order valence-electron chi connectivity index (χ3n) is 4.45. The third kappa shape index (κ3) is 2.98. The van der Waals surface area contributed by atoms with Gasteiger partial charge in [-0.05, 0) is 37.5 Å². The number of aliphatic hydroxyl groups excluding tert-OH is 1. The number of aromatic nitrogens is 2. The second-order valence-corrected chi connectivity index (χ2v) is 6.32. The summed E-state index contributed by atoms with van der Waals surface area (Å²) in [6.45, 7) is 0.710. The molecule has 0 radical (unpaired) electrons. The average molecular weight is 321 g/mol. The third-order valence-corrected chi connectivity index (χ3v) is 4.45. The summed E-state index contributed by atoms with van der Waals surface area (Å²) in [6, 6.07) is 3.00. The fourth-order valence-corrected chi connectivity index (χ4v) is 3.16. The highest BCUT2D eigenvalue weighted by Crippen LogP contribution is 2.39. The van der Waals surface area contributed by atoms with E-state index in [9.17, 15) is 13.9 Å². The number of nitrogens with zero attached hydrogens (tertiary/aromatic N) is 3. The Morgan fingerprint density at radius 3 is 2.91 bits per heavy atom. The number of hydrogen-bond acceptors (Lipinski definition) is 5. The molecular weight excluding hydrogens is 304 g/mol. The number of likely N-dealkylation sites (tertiary alicyclic amines) is 1. The Bertz CT molecular complexity index is 717. The van der Waals surface area contributed by atoms with Crippen LogP contribution in [0.5, 0.6) is 0 Å². The fourth-order valence-electron chi connectivity index (χ4n) is 3.16. The molecule has 2 aromatic rings. The van der Waals surface area contributed by atoms with Crippen molar-refractivity contribution >= 4 is 0 Å². The summed E-state index contributed by atoms with van der Waals surface area (Å²) in [5.74, 6) is 0.577. The lowest BCUT2D eigenvalue weighted by molar-refractivity contribution is 0.170. The number of benzene rings is 1. The predicted octanol–water partition coefficient (Wildman–Crippen LogP) is 2.53. The molecule has 2 aliphatic rings. The van der Waals surface area contributed by atoms with Crippen LogP contribution in [0.3, 0.4) is 0 Å². The zero-order chi connectivity index (χ0) is 16.0. The van der Waals surface area contributed by atoms with Crippen LogP contribution in [-0.2, 0) is 6.54 Å². The van der Waals surface area contributed by atoms with Crippen molar-refractivity contribution in [2.24, 2.45) is 0 Å². The molecular formula is C16H17F2N3O2. The molecule has 1 saturated heterocycles. The summed E-state index contributed by atoms with van der Waals surface area (Å²) in [4.78, 5) is 6.23. The van der Waals surface area contributed by atoms with Gasteiger partial charge in [0.2, 0.25) is 5.89 Å². The maximum absolute atomic E-state index is 14.1. The lowest BCUT2D eigenvalue weighted by Crippen LogP contribution is -2.25. The molecule has 23 heavy (non-hydrogen) atoms. The normalized spacial score (nSPS) is 25.2. The molecule has 4 rings (SSSR count). The van der Waals surface area contributed by atoms with Gasteiger partial charge in [0.15, 0.2) is 5.82 Å². The van der Waals surface area contributed by atoms with E-state index in [1.54, 1.807) is 0 Å². The van der Waals surface area contributed by atoms with Gasteiger partial charge in [0.05, 0.1) is 12.6 Å². The van der Waals surface area contributed by atoms with Gasteiger partial charge >= 0.3 is 0 Å². The second-order valence-electron chi connectivity index (χ2n) is 6.32. The van der Waals surface area contributed by atoms with Crippen molar-refractivity contribution in [3.05, 3.63) is 47.1 Å². The minimum absolute atomic E-state index is 0.257. The Kier molecular flexibility index (Phi) is 3.61. The largest absolute Gasteiger partial charge is 0.392 e. The molecule has 1 aliphatic carbocycles. The lowest BCUT2D eigenvalue weighted by atomic mass is 10.0. The molecule has 2 heterocycles. The first-order valence-corrected chi connectivity index (χ1v) is 7.79. The zero-order valence-corrected chi connectivity index (χ0v) is 12.5. The highest BCUT2D eigenvalue weighted by atomic mass is 19.1. The molecule has 0 bridgehead atoms. The van der Waals surface area contributed by atoms with E-state index in [4.69, 9.17) is 4.52 Å². The van der Waals surface area contributed by atoms with Crippen LogP contribution in [0, 0.1) is 11.6 Å². The standard InChI is InChI=1S/C16H17F2N3O2/c17-10-3-4-13(18)12(5-10)14-6-11(22)7-21(14)8-15-19-16(23-20-15)9-1-2-9/h3-5,9,11,14,22H,1-2,6-8H2/t11-,14-/m1/s1. The average Bonchev–Trinajstić information content (AvgIpc) is 3.16. The fraction of sp³-hybridized carbons (Fsp3) is 0.500. The van der Waals surface area contributed by atoms with Gasteiger partial charge in [-0.25, -0.2) is 8.78 Å². The number of hydrogen-bond donors (Lipinski definition) is 1. The first-order valence-electron chi connectivity index (χ1n) is 7.79. The number of halogens is 2. The van der Waals surface area contributed by atoms with Gasteiger partial charge in [0.1, 0.15) is 11.6 Å². The second kappa shape index (κ2) is 5.65. The molecule has 0 unspecified atom stereocenters. The van der Waals surface area contributed by atoms with Crippen molar-refractivity contribution in [3.8, 4) is 0 Å². The smallest absolute Gasteiger partial charge is 0.229 e. The van der Waals surface area contributed by atoms with Crippen molar-refractivity contribution in [2.45, 2.75) is 43.9 Å². The van der Waals surface area contributed by atoms with Gasteiger partial charge in [-0.15, -0.1) is 0 Å². The maximum atomic E-state index is 14.1. The monoisotopic (exact) mass is 321 g/mol. The van der Waals surface area contributed by atoms with E-state index in [0.717, 1.165) is 25.0 Å². The van der Waals surface area contributed by atoms with Gasteiger partial charge in [0.25, 0.3) is 0 Å². The van der Waals surface area contributed by atoms with Crippen LogP contribution in [0.1, 0.15) is 48.5 Å². The van der Waals surface area contributed by atoms with Crippen molar-refractivity contribution in [2.75, 3.05) is 6.54 Å². The summed E-state index contributed by atoms with van der Waals surface area (Å²) < 4.78 is 32.7. The van der Waals surface area contributed by atoms with E-state index < -0.39 is 23.8 Å². The minimum Gasteiger partial charge on any atom is -0.392 e. The molecule has 2 fully saturated rings. The quantitative estimate of drug-likeness (QED) is 0.937. The van der Waals surface area contributed by atoms with Crippen LogP contribution in [0.15, 0.2) is 22.7 Å². The van der Waals surface area contributed by atoms with Gasteiger partial charge < -0.3 is 9.63 Å². The Hall–Kier alpha value is -1.86. The van der Waals surface area contributed by atoms with E-state index in [-0.39, 0.29) is 5.56 Å². The van der Waals surface area contributed by atoms with Crippen LogP contribution < -0.4 is 0 Å². The topological polar surface area (TPSA) is 62.4 Å². The maximum Gasteiger partial charge on any atom is 0.229 e. The SMILES string of the molecule is O[C@@H]1C[C@H](c2cc(F)ccc2F)N(Cc2noc(C3CC3)n2)C1. The van der Waals surface area contributed by atoms with E-state index in [1.165, 1.54) is 6.07 Å². The van der Waals surface area contributed by atoms with Crippen LogP contribution in [-0.4, -0.2) is 32.8 Å². The Morgan fingerprint density at radius 1 is 1.30 bits per heavy atom. The molecule has 1 aliphatic heterocycles. The van der Waals surface area contributed by atoms with Crippen molar-refractivity contribution < 1.29 is 18.4 Å². The number of rotatable bonds is 4. The summed E-state index contributed by atoms with van der Waals surface area (Å²) >= 11 is 0. The number of β-amino-alcohol motifs (C(OH)–C–C–N with tert-alkyl or cyclic N) is 1. The summed E-state index contributed by atoms with van der Waals surface area (Å²) in [6.07, 6.45) is 1.91. The van der Waals surface area contributed by atoms with E-state index in [1.807, 2.05) is 4.90 Å². The van der Waals surface area contributed by atoms with Crippen LogP contribution in [0.2, 0.25) is 0 Å². The molecule has 7 heteroatoms. The Balaban J connectivity index is 1.56. The van der Waals surface area contributed by atoms with Crippen molar-refractivity contribution in [1.82, 2.24) is 15.0 Å². The summed E-state index contributed by atoms with van der Waals surface area (Å²) in [5.41, 5.74) is 0.257. The van der Waals surface area contributed by atoms with Crippen LogP contribution >= 0.6 is 0 Å². The van der Waals surface area contributed by atoms with E-state index >= 15 is 0 Å². The molecule has 1 N–H and O–H groups in total. The van der Waals surface area contributed by atoms with Gasteiger partial charge in [0, 0.05) is 24.1 Å². The Labute approximate surface area is 131 Å². The highest BCUT2D eigenvalue weighted by Gasteiger charge is 2.35. The van der Waals surface area contributed by atoms with Crippen molar-refractivity contribution in [3.63, 3.8) is 0 Å². The number of aliphatic hydroxyl groups is 1. The lowest BCUT2D eigenvalue weighted by Gasteiger charge is -2.23. The predicted molar refractivity (Wildman–Crippen MR) is 76.4 cm³/mol. The molecule has 0 spiro atoms. The molecule has 1 aromatic carbocycles. The first kappa shape index (κ1) is 14.7. The molecule has 1 aromatic heterocycles. The summed E-state index contributed by atoms with van der Waals surface area (Å²) in [5, 5.41) is 13.9. The minimum atomic E-state index is -0.586. The molecule has 1 saturated carbocycles. The summed E-state index contributed by atoms with van der Waals surface area (Å²) in [7, 11) is 0. The highest BCUT2D eigenvalue weighted by molar-refractivity contribution is 5.24. The Morgan fingerprint density at radius 2 is 2.13 bits per heavy atom. The molecule has 122 valence electrons. The van der Waals surface area contributed by atoms with Gasteiger partial charge in [-0.1, -0.05) is 5.16 Å². The molecule has 5 nitrogen and oxygen atoms in total. The van der Waals surface area contributed by atoms with E-state index in [0.29, 0.717) is 37.1 Å². The van der Waals surface area contributed by atoms with E-state index in [2.05, 4.69) is 10.1 Å². The molecule has 0 amide bonds. The van der Waals surface area contributed by atoms with Gasteiger partial charge in [-0.3, -0.25) is 4.90 Å². The van der Waals surface area contributed by atoms with Crippen LogP contribution in [0.25, 0.3) is 0 Å². The van der Waals surface area contributed by atoms with Gasteiger partial charge in [-0.2, -0.15) is 4.98 Å². The first-order chi connectivity index (χ1) is 11.1. The zero-order valence-electron chi connectivity index (χ0n) is 12.5. The molecule has 2 atom stereocenters. The van der Waals surface area contributed by atoms with Crippen molar-refractivity contribution in [1.29, 1.82) is 0 Å². The van der Waals surface area contributed by atoms with Crippen LogP contribution in [0.4, 0.5) is 8.78 Å².